The Balaban J connectivity index is 1.79. The Morgan fingerprint density at radius 2 is 2.19 bits per heavy atom. The molecule has 136 valence electrons. The van der Waals surface area contributed by atoms with Gasteiger partial charge < -0.3 is 9.84 Å². The van der Waals surface area contributed by atoms with Crippen LogP contribution in [-0.2, 0) is 17.0 Å². The largest absolute Gasteiger partial charge is 0.338 e. The first-order valence-corrected chi connectivity index (χ1v) is 9.29. The van der Waals surface area contributed by atoms with Crippen molar-refractivity contribution < 1.29 is 9.32 Å². The van der Waals surface area contributed by atoms with Gasteiger partial charge in [-0.05, 0) is 31.5 Å². The number of carbonyl (C=O) groups is 1. The van der Waals surface area contributed by atoms with Crippen molar-refractivity contribution in [2.45, 2.75) is 44.5 Å². The fraction of sp³-hybridized carbons (Fsp3) is 0.353. The van der Waals surface area contributed by atoms with Crippen LogP contribution in [0.15, 0.2) is 33.9 Å². The minimum absolute atomic E-state index is 0.114. The van der Waals surface area contributed by atoms with Crippen LogP contribution in [0, 0.1) is 6.92 Å². The van der Waals surface area contributed by atoms with Gasteiger partial charge in [0.15, 0.2) is 11.0 Å². The van der Waals surface area contributed by atoms with Crippen LogP contribution in [0.5, 0.6) is 0 Å². The molecule has 1 N–H and O–H groups in total. The molecule has 3 aromatic rings. The molecule has 0 bridgehead atoms. The molecule has 1 aromatic carbocycles. The lowest BCUT2D eigenvalue weighted by molar-refractivity contribution is -0.114. The molecule has 3 rings (SSSR count). The van der Waals surface area contributed by atoms with Gasteiger partial charge in [0.2, 0.25) is 11.8 Å². The van der Waals surface area contributed by atoms with E-state index in [0.717, 1.165) is 41.0 Å². The van der Waals surface area contributed by atoms with Gasteiger partial charge in [0.25, 0.3) is 0 Å². The molecule has 0 saturated heterocycles. The molecule has 26 heavy (non-hydrogen) atoms. The highest BCUT2D eigenvalue weighted by molar-refractivity contribution is 7.98. The molecule has 0 aliphatic rings. The van der Waals surface area contributed by atoms with Crippen LogP contribution in [0.4, 0.5) is 5.69 Å². The number of aromatic nitrogens is 5. The second-order valence-corrected chi connectivity index (χ2v) is 6.68. The number of nitrogens with zero attached hydrogens (tertiary/aromatic N) is 5. The highest BCUT2D eigenvalue weighted by Gasteiger charge is 2.14. The van der Waals surface area contributed by atoms with E-state index in [1.165, 1.54) is 18.7 Å². The second kappa shape index (κ2) is 8.13. The van der Waals surface area contributed by atoms with Crippen LogP contribution in [-0.4, -0.2) is 30.8 Å². The number of aryl methyl sites for hydroxylation is 2. The summed E-state index contributed by atoms with van der Waals surface area (Å²) in [6, 6.07) is 7.54. The third-order valence-electron chi connectivity index (χ3n) is 3.53. The van der Waals surface area contributed by atoms with Crippen molar-refractivity contribution in [3.8, 4) is 5.69 Å². The van der Waals surface area contributed by atoms with E-state index in [1.807, 2.05) is 35.8 Å². The highest BCUT2D eigenvalue weighted by Crippen LogP contribution is 2.26. The van der Waals surface area contributed by atoms with Crippen LogP contribution in [0.2, 0.25) is 0 Å². The van der Waals surface area contributed by atoms with Crippen molar-refractivity contribution in [2.24, 2.45) is 0 Å². The summed E-state index contributed by atoms with van der Waals surface area (Å²) in [5.74, 6) is 2.45. The number of carbonyl (C=O) groups excluding carboxylic acids is 1. The summed E-state index contributed by atoms with van der Waals surface area (Å²) in [6.07, 6.45) is 1.78. The van der Waals surface area contributed by atoms with Gasteiger partial charge in [-0.2, -0.15) is 4.98 Å². The Kier molecular flexibility index (Phi) is 5.67. The molecular weight excluding hydrogens is 352 g/mol. The molecule has 2 heterocycles. The zero-order valence-corrected chi connectivity index (χ0v) is 15.7. The molecule has 0 unspecified atom stereocenters. The summed E-state index contributed by atoms with van der Waals surface area (Å²) in [4.78, 5) is 15.7. The van der Waals surface area contributed by atoms with Crippen molar-refractivity contribution in [3.05, 3.63) is 41.8 Å². The summed E-state index contributed by atoms with van der Waals surface area (Å²) < 4.78 is 7.20. The minimum atomic E-state index is -0.114. The zero-order valence-electron chi connectivity index (χ0n) is 14.9. The van der Waals surface area contributed by atoms with Crippen molar-refractivity contribution in [1.82, 2.24) is 24.9 Å². The molecular formula is C17H20N6O2S. The lowest BCUT2D eigenvalue weighted by Gasteiger charge is -2.10. The molecule has 0 aliphatic heterocycles. The highest BCUT2D eigenvalue weighted by atomic mass is 32.2. The van der Waals surface area contributed by atoms with Gasteiger partial charge in [-0.15, -0.1) is 10.2 Å². The van der Waals surface area contributed by atoms with E-state index in [-0.39, 0.29) is 5.91 Å². The zero-order chi connectivity index (χ0) is 18.5. The molecule has 9 heteroatoms. The lowest BCUT2D eigenvalue weighted by Crippen LogP contribution is -2.07. The first-order valence-electron chi connectivity index (χ1n) is 8.31. The van der Waals surface area contributed by atoms with E-state index in [4.69, 9.17) is 4.52 Å². The van der Waals surface area contributed by atoms with Crippen LogP contribution in [0.1, 0.15) is 37.8 Å². The van der Waals surface area contributed by atoms with Gasteiger partial charge in [0, 0.05) is 19.0 Å². The Morgan fingerprint density at radius 3 is 2.96 bits per heavy atom. The average Bonchev–Trinajstić information content (AvgIpc) is 3.19. The Hall–Kier alpha value is -2.68. The monoisotopic (exact) mass is 372 g/mol. The van der Waals surface area contributed by atoms with E-state index in [0.29, 0.717) is 11.6 Å². The Labute approximate surface area is 155 Å². The molecule has 0 spiro atoms. The van der Waals surface area contributed by atoms with Crippen LogP contribution in [0.3, 0.4) is 0 Å². The summed E-state index contributed by atoms with van der Waals surface area (Å²) in [6.45, 7) is 5.44. The molecule has 0 aliphatic carbocycles. The van der Waals surface area contributed by atoms with E-state index < -0.39 is 0 Å². The number of hydrogen-bond acceptors (Lipinski definition) is 7. The lowest BCUT2D eigenvalue weighted by atomic mass is 10.2. The third-order valence-corrected chi connectivity index (χ3v) is 4.44. The van der Waals surface area contributed by atoms with Gasteiger partial charge in [-0.25, -0.2) is 0 Å². The van der Waals surface area contributed by atoms with Crippen LogP contribution in [0.25, 0.3) is 5.69 Å². The maximum Gasteiger partial charge on any atom is 0.237 e. The fourth-order valence-electron chi connectivity index (χ4n) is 2.46. The maximum absolute atomic E-state index is 11.3. The predicted octanol–water partition coefficient (Wildman–Crippen LogP) is 3.16. The number of anilines is 1. The SMILES string of the molecule is CCCc1noc(CSc2nnc(C)n2-c2cccc(NC(C)=O)c2)n1. The van der Waals surface area contributed by atoms with Crippen molar-refractivity contribution in [2.75, 3.05) is 5.32 Å². The molecule has 0 radical (unpaired) electrons. The number of rotatable bonds is 7. The van der Waals surface area contributed by atoms with Crippen LogP contribution >= 0.6 is 11.8 Å². The molecule has 1 amide bonds. The number of benzene rings is 1. The van der Waals surface area contributed by atoms with Gasteiger partial charge in [0.1, 0.15) is 5.82 Å². The van der Waals surface area contributed by atoms with Gasteiger partial charge in [-0.1, -0.05) is 29.9 Å². The number of nitrogens with one attached hydrogen (secondary N) is 1. The second-order valence-electron chi connectivity index (χ2n) is 5.74. The molecule has 0 fully saturated rings. The summed E-state index contributed by atoms with van der Waals surface area (Å²) in [5, 5.41) is 15.9. The predicted molar refractivity (Wildman–Crippen MR) is 98.3 cm³/mol. The topological polar surface area (TPSA) is 98.7 Å². The number of hydrogen-bond donors (Lipinski definition) is 1. The van der Waals surface area contributed by atoms with Crippen molar-refractivity contribution in [3.63, 3.8) is 0 Å². The minimum Gasteiger partial charge on any atom is -0.338 e. The molecule has 0 saturated carbocycles. The quantitative estimate of drug-likeness (QED) is 0.636. The molecule has 8 nitrogen and oxygen atoms in total. The number of thioether (sulfide) groups is 1. The number of amides is 1. The van der Waals surface area contributed by atoms with Crippen molar-refractivity contribution in [1.29, 1.82) is 0 Å². The van der Waals surface area contributed by atoms with E-state index in [1.54, 1.807) is 0 Å². The average molecular weight is 372 g/mol. The van der Waals surface area contributed by atoms with E-state index in [2.05, 4.69) is 32.6 Å². The van der Waals surface area contributed by atoms with Crippen LogP contribution < -0.4 is 5.32 Å². The van der Waals surface area contributed by atoms with Gasteiger partial charge >= 0.3 is 0 Å². The van der Waals surface area contributed by atoms with Gasteiger partial charge in [0.05, 0.1) is 11.4 Å². The first kappa shape index (κ1) is 18.1. The van der Waals surface area contributed by atoms with E-state index >= 15 is 0 Å². The van der Waals surface area contributed by atoms with Crippen molar-refractivity contribution >= 4 is 23.4 Å². The first-order chi connectivity index (χ1) is 12.6. The summed E-state index contributed by atoms with van der Waals surface area (Å²) in [5.41, 5.74) is 1.60. The Bertz CT molecular complexity index is 904. The maximum atomic E-state index is 11.3. The third kappa shape index (κ3) is 4.29. The van der Waals surface area contributed by atoms with E-state index in [9.17, 15) is 4.79 Å². The molecule has 0 atom stereocenters. The van der Waals surface area contributed by atoms with Gasteiger partial charge in [-0.3, -0.25) is 9.36 Å². The Morgan fingerprint density at radius 1 is 1.35 bits per heavy atom. The smallest absolute Gasteiger partial charge is 0.237 e. The molecule has 2 aromatic heterocycles. The summed E-state index contributed by atoms with van der Waals surface area (Å²) >= 11 is 1.47. The standard InChI is InChI=1S/C17H20N6O2S/c1-4-6-15-19-16(25-22-15)10-26-17-21-20-11(2)23(17)14-8-5-7-13(9-14)18-12(3)24/h5,7-9H,4,6,10H2,1-3H3,(H,18,24). The summed E-state index contributed by atoms with van der Waals surface area (Å²) in [7, 11) is 0. The fourth-order valence-corrected chi connectivity index (χ4v) is 3.29. The normalized spacial score (nSPS) is 10.9.